The van der Waals surface area contributed by atoms with Crippen molar-refractivity contribution in [2.45, 2.75) is 12.5 Å². The van der Waals surface area contributed by atoms with Crippen molar-refractivity contribution < 1.29 is 9.90 Å². The summed E-state index contributed by atoms with van der Waals surface area (Å²) >= 11 is 5.76. The van der Waals surface area contributed by atoms with Gasteiger partial charge in [0.05, 0.1) is 5.02 Å². The summed E-state index contributed by atoms with van der Waals surface area (Å²) in [6, 6.07) is 1.75. The Morgan fingerprint density at radius 1 is 1.71 bits per heavy atom. The second-order valence-corrected chi connectivity index (χ2v) is 3.63. The van der Waals surface area contributed by atoms with Gasteiger partial charge in [0.1, 0.15) is 0 Å². The number of hydrogen-bond donors (Lipinski definition) is 2. The molecule has 0 amide bonds. The van der Waals surface area contributed by atoms with Crippen molar-refractivity contribution in [1.82, 2.24) is 10.3 Å². The van der Waals surface area contributed by atoms with Gasteiger partial charge >= 0.3 is 5.97 Å². The molecule has 0 spiro atoms. The molecule has 1 aliphatic heterocycles. The van der Waals surface area contributed by atoms with Crippen LogP contribution in [-0.2, 0) is 0 Å². The van der Waals surface area contributed by atoms with Crippen molar-refractivity contribution in [1.29, 1.82) is 0 Å². The number of carboxylic acid groups (broad SMARTS) is 1. The zero-order valence-electron chi connectivity index (χ0n) is 7.33. The highest BCUT2D eigenvalue weighted by atomic mass is 35.5. The average molecular weight is 213 g/mol. The van der Waals surface area contributed by atoms with Crippen LogP contribution >= 0.6 is 11.6 Å². The Kier molecular flexibility index (Phi) is 2.39. The van der Waals surface area contributed by atoms with Crippen LogP contribution in [0.4, 0.5) is 0 Å². The first kappa shape index (κ1) is 9.43. The topological polar surface area (TPSA) is 62.2 Å². The predicted octanol–water partition coefficient (Wildman–Crippen LogP) is 1.47. The Morgan fingerprint density at radius 3 is 2.93 bits per heavy atom. The number of nitrogens with one attached hydrogen (secondary N) is 1. The molecule has 0 unspecified atom stereocenters. The minimum Gasteiger partial charge on any atom is -0.477 e. The molecule has 2 heterocycles. The van der Waals surface area contributed by atoms with Crippen molar-refractivity contribution in [3.63, 3.8) is 0 Å². The summed E-state index contributed by atoms with van der Waals surface area (Å²) in [5.74, 6) is -1.01. The molecule has 74 valence electrons. The zero-order chi connectivity index (χ0) is 10.1. The molecule has 1 atom stereocenters. The first-order valence-electron chi connectivity index (χ1n) is 4.30. The second kappa shape index (κ2) is 3.55. The maximum Gasteiger partial charge on any atom is 0.354 e. The van der Waals surface area contributed by atoms with Crippen LogP contribution in [0.1, 0.15) is 28.5 Å². The molecule has 2 N–H and O–H groups in total. The summed E-state index contributed by atoms with van der Waals surface area (Å²) in [6.07, 6.45) is 2.29. The van der Waals surface area contributed by atoms with Crippen LogP contribution in [0.2, 0.25) is 5.02 Å². The van der Waals surface area contributed by atoms with E-state index >= 15 is 0 Å². The van der Waals surface area contributed by atoms with E-state index in [1.54, 1.807) is 6.07 Å². The van der Waals surface area contributed by atoms with E-state index in [9.17, 15) is 4.79 Å². The van der Waals surface area contributed by atoms with Crippen LogP contribution in [0.3, 0.4) is 0 Å². The molecule has 14 heavy (non-hydrogen) atoms. The first-order chi connectivity index (χ1) is 6.68. The molecule has 1 aromatic heterocycles. The van der Waals surface area contributed by atoms with Crippen molar-refractivity contribution in [2.75, 3.05) is 6.54 Å². The number of aromatic carboxylic acids is 1. The number of aromatic nitrogens is 1. The molecule has 0 bridgehead atoms. The van der Waals surface area contributed by atoms with Gasteiger partial charge in [-0.05, 0) is 19.0 Å². The lowest BCUT2D eigenvalue weighted by Gasteiger charge is -2.28. The fourth-order valence-corrected chi connectivity index (χ4v) is 1.62. The summed E-state index contributed by atoms with van der Waals surface area (Å²) in [5.41, 5.74) is 0.767. The Bertz CT molecular complexity index is 377. The molecular weight excluding hydrogens is 204 g/mol. The summed E-state index contributed by atoms with van der Waals surface area (Å²) in [7, 11) is 0. The predicted molar refractivity (Wildman–Crippen MR) is 51.6 cm³/mol. The maximum absolute atomic E-state index is 10.8. The third kappa shape index (κ3) is 1.58. The molecule has 1 aromatic rings. The van der Waals surface area contributed by atoms with E-state index in [4.69, 9.17) is 16.7 Å². The molecule has 0 radical (unpaired) electrons. The first-order valence-corrected chi connectivity index (χ1v) is 4.68. The van der Waals surface area contributed by atoms with E-state index in [1.165, 1.54) is 6.20 Å². The van der Waals surface area contributed by atoms with Gasteiger partial charge in [-0.3, -0.25) is 0 Å². The molecule has 0 aromatic carbocycles. The van der Waals surface area contributed by atoms with Crippen molar-refractivity contribution in [3.05, 3.63) is 28.5 Å². The van der Waals surface area contributed by atoms with Crippen LogP contribution in [0.25, 0.3) is 0 Å². The molecule has 5 heteroatoms. The standard InChI is InChI=1S/C9H9ClN2O2/c10-5-3-6(7-1-2-11-7)8(9(13)14)12-4-5/h3-4,7,11H,1-2H2,(H,13,14)/t7-/m1/s1. The van der Waals surface area contributed by atoms with Gasteiger partial charge in [0.15, 0.2) is 5.69 Å². The van der Waals surface area contributed by atoms with E-state index in [1.807, 2.05) is 0 Å². The van der Waals surface area contributed by atoms with Gasteiger partial charge in [0.25, 0.3) is 0 Å². The Hall–Kier alpha value is -1.13. The van der Waals surface area contributed by atoms with Gasteiger partial charge in [0.2, 0.25) is 0 Å². The molecule has 1 aliphatic rings. The van der Waals surface area contributed by atoms with Gasteiger partial charge in [-0.1, -0.05) is 11.6 Å². The lowest BCUT2D eigenvalue weighted by atomic mass is 9.96. The molecular formula is C9H9ClN2O2. The molecule has 2 rings (SSSR count). The van der Waals surface area contributed by atoms with Crippen molar-refractivity contribution in [3.8, 4) is 0 Å². The largest absolute Gasteiger partial charge is 0.477 e. The summed E-state index contributed by atoms with van der Waals surface area (Å²) in [4.78, 5) is 14.7. The van der Waals surface area contributed by atoms with Gasteiger partial charge < -0.3 is 10.4 Å². The highest BCUT2D eigenvalue weighted by molar-refractivity contribution is 6.30. The molecule has 0 saturated carbocycles. The van der Waals surface area contributed by atoms with Gasteiger partial charge in [0, 0.05) is 17.8 Å². The van der Waals surface area contributed by atoms with Gasteiger partial charge in [-0.25, -0.2) is 9.78 Å². The van der Waals surface area contributed by atoms with Crippen LogP contribution in [0.15, 0.2) is 12.3 Å². The highest BCUT2D eigenvalue weighted by Gasteiger charge is 2.24. The van der Waals surface area contributed by atoms with E-state index in [2.05, 4.69) is 10.3 Å². The van der Waals surface area contributed by atoms with Crippen LogP contribution in [0.5, 0.6) is 0 Å². The Balaban J connectivity index is 2.42. The number of hydrogen-bond acceptors (Lipinski definition) is 3. The maximum atomic E-state index is 10.8. The van der Waals surface area contributed by atoms with E-state index in [0.29, 0.717) is 10.6 Å². The summed E-state index contributed by atoms with van der Waals surface area (Å²) in [5, 5.41) is 12.5. The zero-order valence-corrected chi connectivity index (χ0v) is 8.08. The minimum atomic E-state index is -1.01. The Labute approximate surface area is 85.9 Å². The third-order valence-electron chi connectivity index (χ3n) is 2.29. The number of carboxylic acids is 1. The third-order valence-corrected chi connectivity index (χ3v) is 2.49. The fourth-order valence-electron chi connectivity index (χ4n) is 1.45. The summed E-state index contributed by atoms with van der Waals surface area (Å²) < 4.78 is 0. The van der Waals surface area contributed by atoms with Crippen molar-refractivity contribution in [2.24, 2.45) is 0 Å². The van der Waals surface area contributed by atoms with Crippen molar-refractivity contribution >= 4 is 17.6 Å². The lowest BCUT2D eigenvalue weighted by Crippen LogP contribution is -2.36. The molecule has 1 fully saturated rings. The van der Waals surface area contributed by atoms with Crippen LogP contribution in [0, 0.1) is 0 Å². The fraction of sp³-hybridized carbons (Fsp3) is 0.333. The number of nitrogens with zero attached hydrogens (tertiary/aromatic N) is 1. The molecule has 4 nitrogen and oxygen atoms in total. The Morgan fingerprint density at radius 2 is 2.43 bits per heavy atom. The molecule has 1 saturated heterocycles. The monoisotopic (exact) mass is 212 g/mol. The number of rotatable bonds is 2. The molecule has 0 aliphatic carbocycles. The van der Waals surface area contributed by atoms with E-state index in [0.717, 1.165) is 13.0 Å². The van der Waals surface area contributed by atoms with Crippen LogP contribution in [-0.4, -0.2) is 22.6 Å². The highest BCUT2D eigenvalue weighted by Crippen LogP contribution is 2.27. The SMILES string of the molecule is O=C(O)c1ncc(Cl)cc1[C@H]1CCN1. The second-order valence-electron chi connectivity index (χ2n) is 3.19. The minimum absolute atomic E-state index is 0.0894. The quantitative estimate of drug-likeness (QED) is 0.779. The summed E-state index contributed by atoms with van der Waals surface area (Å²) in [6.45, 7) is 0.913. The van der Waals surface area contributed by atoms with Gasteiger partial charge in [-0.2, -0.15) is 0 Å². The van der Waals surface area contributed by atoms with Crippen LogP contribution < -0.4 is 5.32 Å². The lowest BCUT2D eigenvalue weighted by molar-refractivity contribution is 0.0687. The average Bonchev–Trinajstić information content (AvgIpc) is 2.00. The number of halogens is 1. The number of pyridine rings is 1. The normalized spacial score (nSPS) is 20.2. The van der Waals surface area contributed by atoms with E-state index in [-0.39, 0.29) is 11.7 Å². The van der Waals surface area contributed by atoms with Gasteiger partial charge in [-0.15, -0.1) is 0 Å². The van der Waals surface area contributed by atoms with E-state index < -0.39 is 5.97 Å². The number of carbonyl (C=O) groups is 1. The smallest absolute Gasteiger partial charge is 0.354 e.